The molecule has 0 spiro atoms. The fraction of sp³-hybridized carbons (Fsp3) is 0.273. The highest BCUT2D eigenvalue weighted by Gasteiger charge is 2.35. The van der Waals surface area contributed by atoms with E-state index in [1.807, 2.05) is 31.2 Å². The van der Waals surface area contributed by atoms with E-state index < -0.39 is 11.7 Å². The van der Waals surface area contributed by atoms with E-state index in [1.165, 1.54) is 12.1 Å². The molecule has 3 aromatic rings. The second-order valence-corrected chi connectivity index (χ2v) is 7.28. The molecule has 2 heterocycles. The number of aromatic nitrogens is 1. The molecule has 0 saturated carbocycles. The second-order valence-electron chi connectivity index (χ2n) is 7.28. The Morgan fingerprint density at radius 3 is 2.42 bits per heavy atom. The van der Waals surface area contributed by atoms with Gasteiger partial charge in [-0.15, -0.1) is 24.8 Å². The van der Waals surface area contributed by atoms with Crippen LogP contribution in [0.1, 0.15) is 22.7 Å². The molecule has 1 aliphatic heterocycles. The number of hydrogen-bond donors (Lipinski definition) is 2. The van der Waals surface area contributed by atoms with E-state index in [0.29, 0.717) is 18.8 Å². The Labute approximate surface area is 190 Å². The Balaban J connectivity index is 0.00000171. The van der Waals surface area contributed by atoms with Gasteiger partial charge in [0.05, 0.1) is 11.5 Å². The molecule has 1 amide bonds. The lowest BCUT2D eigenvalue weighted by Gasteiger charge is -2.20. The number of benzene rings is 2. The number of alkyl halides is 3. The minimum atomic E-state index is -4.37. The van der Waals surface area contributed by atoms with Gasteiger partial charge in [0.1, 0.15) is 0 Å². The number of halogens is 5. The molecule has 1 saturated heterocycles. The van der Waals surface area contributed by atoms with Gasteiger partial charge in [-0.2, -0.15) is 13.2 Å². The van der Waals surface area contributed by atoms with Gasteiger partial charge in [-0.05, 0) is 36.8 Å². The van der Waals surface area contributed by atoms with E-state index in [0.717, 1.165) is 34.2 Å². The number of hydrogen-bond acceptors (Lipinski definition) is 3. The van der Waals surface area contributed by atoms with Crippen molar-refractivity contribution in [1.82, 2.24) is 10.3 Å². The van der Waals surface area contributed by atoms with E-state index >= 15 is 0 Å². The lowest BCUT2D eigenvalue weighted by Crippen LogP contribution is -2.28. The monoisotopic (exact) mass is 471 g/mol. The zero-order valence-electron chi connectivity index (χ0n) is 16.6. The number of carbonyl (C=O) groups is 1. The fourth-order valence-electron chi connectivity index (χ4n) is 3.91. The van der Waals surface area contributed by atoms with Gasteiger partial charge in [0.25, 0.3) is 0 Å². The van der Waals surface area contributed by atoms with Crippen LogP contribution in [0.25, 0.3) is 10.8 Å². The third-order valence-corrected chi connectivity index (χ3v) is 5.48. The quantitative estimate of drug-likeness (QED) is 0.541. The molecular weight excluding hydrogens is 450 g/mol. The Morgan fingerprint density at radius 1 is 1.03 bits per heavy atom. The molecule has 0 unspecified atom stereocenters. The average Bonchev–Trinajstić information content (AvgIpc) is 3.18. The number of fused-ring (bicyclic) bond motifs is 1. The maximum absolute atomic E-state index is 13.0. The molecule has 2 aromatic carbocycles. The molecule has 9 heteroatoms. The number of anilines is 1. The van der Waals surface area contributed by atoms with Gasteiger partial charge < -0.3 is 10.6 Å². The third kappa shape index (κ3) is 5.11. The molecule has 1 aromatic heterocycles. The molecule has 1 aliphatic rings. The van der Waals surface area contributed by atoms with Crippen molar-refractivity contribution in [2.24, 2.45) is 5.92 Å². The van der Waals surface area contributed by atoms with Crippen molar-refractivity contribution >= 4 is 47.2 Å². The van der Waals surface area contributed by atoms with Crippen molar-refractivity contribution < 1.29 is 18.0 Å². The van der Waals surface area contributed by atoms with Crippen molar-refractivity contribution in [1.29, 1.82) is 0 Å². The number of nitrogens with one attached hydrogen (secondary N) is 2. The summed E-state index contributed by atoms with van der Waals surface area (Å²) in [6, 6.07) is 12.6. The Bertz CT molecular complexity index is 1060. The van der Waals surface area contributed by atoms with Crippen LogP contribution in [0.2, 0.25) is 0 Å². The van der Waals surface area contributed by atoms with Crippen LogP contribution in [0, 0.1) is 12.8 Å². The minimum absolute atomic E-state index is 0. The van der Waals surface area contributed by atoms with Crippen molar-refractivity contribution in [3.63, 3.8) is 0 Å². The van der Waals surface area contributed by atoms with Crippen molar-refractivity contribution in [2.45, 2.75) is 19.0 Å². The van der Waals surface area contributed by atoms with Gasteiger partial charge in [0.15, 0.2) is 0 Å². The molecular formula is C22H22Cl2F3N3O. The largest absolute Gasteiger partial charge is 0.416 e. The van der Waals surface area contributed by atoms with E-state index in [-0.39, 0.29) is 42.6 Å². The fourth-order valence-corrected chi connectivity index (χ4v) is 3.91. The van der Waals surface area contributed by atoms with Gasteiger partial charge >= 0.3 is 6.18 Å². The van der Waals surface area contributed by atoms with E-state index in [4.69, 9.17) is 0 Å². The summed E-state index contributed by atoms with van der Waals surface area (Å²) in [6.07, 6.45) is -2.67. The highest BCUT2D eigenvalue weighted by atomic mass is 35.5. The van der Waals surface area contributed by atoms with Gasteiger partial charge in [0, 0.05) is 47.4 Å². The Kier molecular flexibility index (Phi) is 7.92. The van der Waals surface area contributed by atoms with E-state index in [9.17, 15) is 18.0 Å². The lowest BCUT2D eigenvalue weighted by molar-refractivity contribution is -0.137. The van der Waals surface area contributed by atoms with Crippen LogP contribution in [0.3, 0.4) is 0 Å². The zero-order chi connectivity index (χ0) is 20.6. The third-order valence-electron chi connectivity index (χ3n) is 5.48. The molecule has 4 nitrogen and oxygen atoms in total. The van der Waals surface area contributed by atoms with Gasteiger partial charge in [0.2, 0.25) is 5.91 Å². The number of amides is 1. The number of carbonyl (C=O) groups excluding carboxylic acids is 1. The molecule has 31 heavy (non-hydrogen) atoms. The molecule has 0 radical (unpaired) electrons. The number of aryl methyl sites for hydroxylation is 1. The molecule has 0 bridgehead atoms. The molecule has 2 atom stereocenters. The highest BCUT2D eigenvalue weighted by molar-refractivity contribution is 6.03. The van der Waals surface area contributed by atoms with Crippen LogP contribution in [-0.2, 0) is 11.0 Å². The maximum Gasteiger partial charge on any atom is 0.416 e. The summed E-state index contributed by atoms with van der Waals surface area (Å²) in [6.45, 7) is 2.93. The second kappa shape index (κ2) is 9.85. The standard InChI is InChI=1S/C22H20F3N3O.2ClH/c1-13-16-3-2-4-20(17(16)9-10-27-13)28-21(29)19-12-26-11-18(19)14-5-7-15(8-6-14)22(23,24)25;;/h2-10,18-19,26H,11-12H2,1H3,(H,28,29);2*1H/t18-,19+;;/m1../s1. The van der Waals surface area contributed by atoms with Crippen LogP contribution in [-0.4, -0.2) is 24.0 Å². The first-order valence-corrected chi connectivity index (χ1v) is 9.37. The Hall–Kier alpha value is -2.35. The molecule has 1 fully saturated rings. The molecule has 166 valence electrons. The first kappa shape index (κ1) is 24.9. The van der Waals surface area contributed by atoms with Crippen LogP contribution in [0.5, 0.6) is 0 Å². The lowest BCUT2D eigenvalue weighted by atomic mass is 9.87. The minimum Gasteiger partial charge on any atom is -0.325 e. The van der Waals surface area contributed by atoms with Crippen LogP contribution in [0.15, 0.2) is 54.7 Å². The van der Waals surface area contributed by atoms with Crippen molar-refractivity contribution in [2.75, 3.05) is 18.4 Å². The predicted molar refractivity (Wildman–Crippen MR) is 120 cm³/mol. The first-order chi connectivity index (χ1) is 13.8. The van der Waals surface area contributed by atoms with Crippen molar-refractivity contribution in [3.05, 3.63) is 71.5 Å². The van der Waals surface area contributed by atoms with E-state index in [2.05, 4.69) is 15.6 Å². The highest BCUT2D eigenvalue weighted by Crippen LogP contribution is 2.34. The summed E-state index contributed by atoms with van der Waals surface area (Å²) in [4.78, 5) is 17.3. The summed E-state index contributed by atoms with van der Waals surface area (Å²) in [7, 11) is 0. The van der Waals surface area contributed by atoms with Crippen molar-refractivity contribution in [3.8, 4) is 0 Å². The predicted octanol–water partition coefficient (Wildman–Crippen LogP) is 5.35. The summed E-state index contributed by atoms with van der Waals surface area (Å²) in [5.74, 6) is -0.706. The number of rotatable bonds is 3. The summed E-state index contributed by atoms with van der Waals surface area (Å²) in [5, 5.41) is 8.06. The molecule has 2 N–H and O–H groups in total. The summed E-state index contributed by atoms with van der Waals surface area (Å²) in [5.41, 5.74) is 1.62. The number of nitrogens with zero attached hydrogens (tertiary/aromatic N) is 1. The SMILES string of the molecule is Cc1nccc2c(NC(=O)[C@H]3CNC[C@@H]3c3ccc(C(F)(F)F)cc3)cccc12.Cl.Cl. The van der Waals surface area contributed by atoms with Crippen LogP contribution >= 0.6 is 24.8 Å². The molecule has 4 rings (SSSR count). The molecule has 0 aliphatic carbocycles. The summed E-state index contributed by atoms with van der Waals surface area (Å²) >= 11 is 0. The van der Waals surface area contributed by atoms with Crippen LogP contribution in [0.4, 0.5) is 18.9 Å². The van der Waals surface area contributed by atoms with E-state index in [1.54, 1.807) is 6.20 Å². The number of pyridine rings is 1. The first-order valence-electron chi connectivity index (χ1n) is 9.37. The van der Waals surface area contributed by atoms with Gasteiger partial charge in [-0.3, -0.25) is 9.78 Å². The van der Waals surface area contributed by atoms with Crippen LogP contribution < -0.4 is 10.6 Å². The smallest absolute Gasteiger partial charge is 0.325 e. The van der Waals surface area contributed by atoms with Gasteiger partial charge in [-0.1, -0.05) is 24.3 Å². The normalized spacial score (nSPS) is 18.2. The zero-order valence-corrected chi connectivity index (χ0v) is 18.2. The maximum atomic E-state index is 13.0. The average molecular weight is 472 g/mol. The van der Waals surface area contributed by atoms with Gasteiger partial charge in [-0.25, -0.2) is 0 Å². The Morgan fingerprint density at radius 2 is 1.74 bits per heavy atom. The summed E-state index contributed by atoms with van der Waals surface area (Å²) < 4.78 is 38.5. The topological polar surface area (TPSA) is 54.0 Å².